The minimum absolute atomic E-state index is 0.740. The number of rotatable bonds is 4. The Morgan fingerprint density at radius 2 is 1.35 bits per heavy atom. The van der Waals surface area contributed by atoms with Crippen LogP contribution in [-0.4, -0.2) is 49.1 Å². The van der Waals surface area contributed by atoms with Crippen LogP contribution < -0.4 is 0 Å². The van der Waals surface area contributed by atoms with Crippen molar-refractivity contribution < 1.29 is 0 Å². The van der Waals surface area contributed by atoms with Gasteiger partial charge in [0.2, 0.25) is 0 Å². The molecule has 2 heteroatoms. The summed E-state index contributed by atoms with van der Waals surface area (Å²) in [5.41, 5.74) is 0.740. The first-order chi connectivity index (χ1) is 9.71. The SMILES string of the molecule is CC1CC(CN2CC3(CN(CC4CCCCC4)C3)C2)C1. The Hall–Kier alpha value is -0.0800. The minimum Gasteiger partial charge on any atom is -0.302 e. The maximum atomic E-state index is 2.76. The topological polar surface area (TPSA) is 6.48 Å². The van der Waals surface area contributed by atoms with Gasteiger partial charge in [-0.2, -0.15) is 0 Å². The molecule has 0 amide bonds. The quantitative estimate of drug-likeness (QED) is 0.778. The molecule has 0 N–H and O–H groups in total. The van der Waals surface area contributed by atoms with Crippen LogP contribution in [0.2, 0.25) is 0 Å². The van der Waals surface area contributed by atoms with E-state index in [2.05, 4.69) is 16.7 Å². The molecule has 0 atom stereocenters. The lowest BCUT2D eigenvalue weighted by atomic mass is 9.70. The van der Waals surface area contributed by atoms with Crippen molar-refractivity contribution in [3.8, 4) is 0 Å². The van der Waals surface area contributed by atoms with Crippen molar-refractivity contribution in [2.75, 3.05) is 39.3 Å². The first-order valence-corrected chi connectivity index (χ1v) is 9.15. The summed E-state index contributed by atoms with van der Waals surface area (Å²) in [6.07, 6.45) is 10.5. The molecule has 2 heterocycles. The molecule has 4 rings (SSSR count). The van der Waals surface area contributed by atoms with Crippen LogP contribution in [0.5, 0.6) is 0 Å². The van der Waals surface area contributed by atoms with Gasteiger partial charge in [-0.3, -0.25) is 0 Å². The molecule has 20 heavy (non-hydrogen) atoms. The van der Waals surface area contributed by atoms with Gasteiger partial charge in [-0.25, -0.2) is 0 Å². The first-order valence-electron chi connectivity index (χ1n) is 9.15. The third kappa shape index (κ3) is 2.66. The summed E-state index contributed by atoms with van der Waals surface area (Å²) in [6.45, 7) is 10.9. The van der Waals surface area contributed by atoms with Crippen LogP contribution in [0.1, 0.15) is 51.9 Å². The highest BCUT2D eigenvalue weighted by atomic mass is 15.3. The summed E-state index contributed by atoms with van der Waals surface area (Å²) >= 11 is 0. The molecule has 2 nitrogen and oxygen atoms in total. The average molecular weight is 276 g/mol. The van der Waals surface area contributed by atoms with E-state index in [-0.39, 0.29) is 0 Å². The molecule has 2 aliphatic carbocycles. The fourth-order valence-electron chi connectivity index (χ4n) is 5.58. The maximum absolute atomic E-state index is 2.76. The molecular weight excluding hydrogens is 244 g/mol. The molecule has 2 saturated heterocycles. The summed E-state index contributed by atoms with van der Waals surface area (Å²) in [5, 5.41) is 0. The molecule has 114 valence electrons. The molecule has 0 unspecified atom stereocenters. The Balaban J connectivity index is 1.13. The summed E-state index contributed by atoms with van der Waals surface area (Å²) in [4.78, 5) is 5.51. The van der Waals surface area contributed by atoms with E-state index in [9.17, 15) is 0 Å². The fraction of sp³-hybridized carbons (Fsp3) is 1.00. The van der Waals surface area contributed by atoms with Crippen LogP contribution in [0.25, 0.3) is 0 Å². The number of likely N-dealkylation sites (tertiary alicyclic amines) is 2. The molecular formula is C18H32N2. The lowest BCUT2D eigenvalue weighted by Gasteiger charge is -2.62. The van der Waals surface area contributed by atoms with Crippen LogP contribution in [0.15, 0.2) is 0 Å². The van der Waals surface area contributed by atoms with Crippen LogP contribution >= 0.6 is 0 Å². The molecule has 0 aromatic heterocycles. The van der Waals surface area contributed by atoms with E-state index in [0.29, 0.717) is 0 Å². The van der Waals surface area contributed by atoms with Gasteiger partial charge >= 0.3 is 0 Å². The highest BCUT2D eigenvalue weighted by Crippen LogP contribution is 2.43. The van der Waals surface area contributed by atoms with Crippen LogP contribution in [-0.2, 0) is 0 Å². The second kappa shape index (κ2) is 5.28. The fourth-order valence-corrected chi connectivity index (χ4v) is 5.58. The first kappa shape index (κ1) is 13.6. The van der Waals surface area contributed by atoms with Crippen molar-refractivity contribution in [2.24, 2.45) is 23.2 Å². The standard InChI is InChI=1S/C18H32N2/c1-15-7-17(8-15)10-20-13-18(14-20)11-19(12-18)9-16-5-3-2-4-6-16/h15-17H,2-14H2,1H3. The van der Waals surface area contributed by atoms with E-state index in [1.54, 1.807) is 0 Å². The highest BCUT2D eigenvalue weighted by molar-refractivity contribution is 5.06. The minimum atomic E-state index is 0.740. The molecule has 4 aliphatic rings. The maximum Gasteiger partial charge on any atom is 0.0212 e. The van der Waals surface area contributed by atoms with Crippen LogP contribution in [0.4, 0.5) is 0 Å². The summed E-state index contributed by atoms with van der Waals surface area (Å²) in [6, 6.07) is 0. The molecule has 0 aromatic carbocycles. The highest BCUT2D eigenvalue weighted by Gasteiger charge is 2.51. The smallest absolute Gasteiger partial charge is 0.0212 e. The Labute approximate surface area is 124 Å². The predicted octanol–water partition coefficient (Wildman–Crippen LogP) is 3.23. The van der Waals surface area contributed by atoms with Gasteiger partial charge in [0.05, 0.1) is 0 Å². The molecule has 2 aliphatic heterocycles. The summed E-state index contributed by atoms with van der Waals surface area (Å²) < 4.78 is 0. The second-order valence-electron chi connectivity index (χ2n) is 8.79. The summed E-state index contributed by atoms with van der Waals surface area (Å²) in [5.74, 6) is 3.10. The second-order valence-corrected chi connectivity index (χ2v) is 8.79. The van der Waals surface area contributed by atoms with Gasteiger partial charge in [-0.05, 0) is 43.4 Å². The lowest BCUT2D eigenvalue weighted by Crippen LogP contribution is -2.72. The monoisotopic (exact) mass is 276 g/mol. The van der Waals surface area contributed by atoms with E-state index < -0.39 is 0 Å². The largest absolute Gasteiger partial charge is 0.302 e. The van der Waals surface area contributed by atoms with Gasteiger partial charge in [0.1, 0.15) is 0 Å². The zero-order valence-electron chi connectivity index (χ0n) is 13.3. The predicted molar refractivity (Wildman–Crippen MR) is 83.8 cm³/mol. The Kier molecular flexibility index (Phi) is 3.58. The van der Waals surface area contributed by atoms with E-state index in [0.717, 1.165) is 23.2 Å². The molecule has 1 spiro atoms. The lowest BCUT2D eigenvalue weighted by molar-refractivity contribution is -0.127. The van der Waals surface area contributed by atoms with Crippen molar-refractivity contribution in [1.29, 1.82) is 0 Å². The average Bonchev–Trinajstić information content (AvgIpc) is 2.32. The van der Waals surface area contributed by atoms with Crippen molar-refractivity contribution in [2.45, 2.75) is 51.9 Å². The molecule has 2 saturated carbocycles. The van der Waals surface area contributed by atoms with Crippen molar-refractivity contribution >= 4 is 0 Å². The third-order valence-electron chi connectivity index (χ3n) is 6.47. The van der Waals surface area contributed by atoms with Gasteiger partial charge in [0.15, 0.2) is 0 Å². The normalized spacial score (nSPS) is 38.2. The van der Waals surface area contributed by atoms with Gasteiger partial charge in [0.25, 0.3) is 0 Å². The molecule has 0 radical (unpaired) electrons. The van der Waals surface area contributed by atoms with Gasteiger partial charge < -0.3 is 9.80 Å². The Morgan fingerprint density at radius 3 is 1.90 bits per heavy atom. The molecule has 0 aromatic rings. The van der Waals surface area contributed by atoms with Crippen molar-refractivity contribution in [3.05, 3.63) is 0 Å². The van der Waals surface area contributed by atoms with Crippen LogP contribution in [0.3, 0.4) is 0 Å². The number of nitrogens with zero attached hydrogens (tertiary/aromatic N) is 2. The molecule has 0 bridgehead atoms. The molecule has 4 fully saturated rings. The van der Waals surface area contributed by atoms with Gasteiger partial charge in [0, 0.05) is 44.7 Å². The van der Waals surface area contributed by atoms with Crippen molar-refractivity contribution in [1.82, 2.24) is 9.80 Å². The van der Waals surface area contributed by atoms with E-state index in [1.807, 2.05) is 0 Å². The van der Waals surface area contributed by atoms with Gasteiger partial charge in [-0.1, -0.05) is 26.2 Å². The van der Waals surface area contributed by atoms with E-state index >= 15 is 0 Å². The van der Waals surface area contributed by atoms with E-state index in [4.69, 9.17) is 0 Å². The number of hydrogen-bond donors (Lipinski definition) is 0. The zero-order valence-corrected chi connectivity index (χ0v) is 13.3. The summed E-state index contributed by atoms with van der Waals surface area (Å²) in [7, 11) is 0. The third-order valence-corrected chi connectivity index (χ3v) is 6.47. The van der Waals surface area contributed by atoms with Gasteiger partial charge in [-0.15, -0.1) is 0 Å². The van der Waals surface area contributed by atoms with Crippen LogP contribution in [0, 0.1) is 23.2 Å². The number of hydrogen-bond acceptors (Lipinski definition) is 2. The Morgan fingerprint density at radius 1 is 0.800 bits per heavy atom. The zero-order chi connectivity index (χ0) is 13.6. The Bertz CT molecular complexity index is 327. The van der Waals surface area contributed by atoms with E-state index in [1.165, 1.54) is 84.2 Å². The van der Waals surface area contributed by atoms with Crippen molar-refractivity contribution in [3.63, 3.8) is 0 Å².